The lowest BCUT2D eigenvalue weighted by molar-refractivity contribution is -0.137. The smallest absolute Gasteiger partial charge is 0.303 e. The van der Waals surface area contributed by atoms with Crippen molar-refractivity contribution in [3.63, 3.8) is 0 Å². The molecule has 0 saturated heterocycles. The SMILES string of the molecule is CCCNC(=O)CCCC(=O)NCCCC(=O)O. The van der Waals surface area contributed by atoms with E-state index in [1.54, 1.807) is 0 Å². The van der Waals surface area contributed by atoms with Crippen LogP contribution in [0.3, 0.4) is 0 Å². The van der Waals surface area contributed by atoms with Gasteiger partial charge in [0.1, 0.15) is 0 Å². The topological polar surface area (TPSA) is 95.5 Å². The quantitative estimate of drug-likeness (QED) is 0.502. The van der Waals surface area contributed by atoms with E-state index in [1.807, 2.05) is 6.92 Å². The first kappa shape index (κ1) is 16.4. The van der Waals surface area contributed by atoms with Gasteiger partial charge in [-0.2, -0.15) is 0 Å². The van der Waals surface area contributed by atoms with Crippen molar-refractivity contribution in [2.75, 3.05) is 13.1 Å². The summed E-state index contributed by atoms with van der Waals surface area (Å²) in [4.78, 5) is 32.7. The van der Waals surface area contributed by atoms with Crippen molar-refractivity contribution in [1.82, 2.24) is 10.6 Å². The van der Waals surface area contributed by atoms with E-state index in [2.05, 4.69) is 10.6 Å². The van der Waals surface area contributed by atoms with Gasteiger partial charge in [0.25, 0.3) is 0 Å². The number of carbonyl (C=O) groups is 3. The molecule has 6 heteroatoms. The average Bonchev–Trinajstić information content (AvgIpc) is 2.32. The molecule has 0 spiro atoms. The van der Waals surface area contributed by atoms with Gasteiger partial charge in [0.15, 0.2) is 0 Å². The fourth-order valence-electron chi connectivity index (χ4n) is 1.32. The molecular weight excluding hydrogens is 236 g/mol. The number of carboxylic acid groups (broad SMARTS) is 1. The lowest BCUT2D eigenvalue weighted by Crippen LogP contribution is -2.26. The van der Waals surface area contributed by atoms with E-state index >= 15 is 0 Å². The summed E-state index contributed by atoms with van der Waals surface area (Å²) < 4.78 is 0. The minimum absolute atomic E-state index is 0.0319. The van der Waals surface area contributed by atoms with Crippen molar-refractivity contribution >= 4 is 17.8 Å². The first-order valence-corrected chi connectivity index (χ1v) is 6.31. The summed E-state index contributed by atoms with van der Waals surface area (Å²) in [7, 11) is 0. The van der Waals surface area contributed by atoms with Crippen LogP contribution in [0, 0.1) is 0 Å². The lowest BCUT2D eigenvalue weighted by atomic mass is 10.2. The number of hydrogen-bond acceptors (Lipinski definition) is 3. The highest BCUT2D eigenvalue weighted by molar-refractivity contribution is 5.78. The van der Waals surface area contributed by atoms with Gasteiger partial charge in [-0.1, -0.05) is 6.92 Å². The Labute approximate surface area is 107 Å². The fraction of sp³-hybridized carbons (Fsp3) is 0.750. The summed E-state index contributed by atoms with van der Waals surface area (Å²) in [5, 5.41) is 13.8. The molecule has 18 heavy (non-hydrogen) atoms. The molecule has 0 heterocycles. The van der Waals surface area contributed by atoms with Gasteiger partial charge in [-0.25, -0.2) is 0 Å². The normalized spacial score (nSPS) is 9.83. The van der Waals surface area contributed by atoms with Crippen molar-refractivity contribution in [3.8, 4) is 0 Å². The monoisotopic (exact) mass is 258 g/mol. The fourth-order valence-corrected chi connectivity index (χ4v) is 1.32. The molecule has 0 aliphatic heterocycles. The molecule has 0 unspecified atom stereocenters. The van der Waals surface area contributed by atoms with Crippen molar-refractivity contribution in [2.24, 2.45) is 0 Å². The number of carboxylic acids is 1. The average molecular weight is 258 g/mol. The maximum Gasteiger partial charge on any atom is 0.303 e. The summed E-state index contributed by atoms with van der Waals surface area (Å²) >= 11 is 0. The molecule has 0 aromatic heterocycles. The maximum atomic E-state index is 11.3. The second-order valence-electron chi connectivity index (χ2n) is 4.05. The predicted molar refractivity (Wildman–Crippen MR) is 67.0 cm³/mol. The molecule has 104 valence electrons. The molecule has 0 aromatic rings. The third kappa shape index (κ3) is 10.9. The van der Waals surface area contributed by atoms with E-state index < -0.39 is 5.97 Å². The van der Waals surface area contributed by atoms with E-state index in [9.17, 15) is 14.4 Å². The minimum Gasteiger partial charge on any atom is -0.481 e. The molecule has 0 aliphatic rings. The van der Waals surface area contributed by atoms with Crippen LogP contribution in [0.4, 0.5) is 0 Å². The zero-order valence-corrected chi connectivity index (χ0v) is 10.8. The largest absolute Gasteiger partial charge is 0.481 e. The summed E-state index contributed by atoms with van der Waals surface area (Å²) in [5.41, 5.74) is 0. The third-order valence-electron chi connectivity index (χ3n) is 2.27. The van der Waals surface area contributed by atoms with Crippen LogP contribution >= 0.6 is 0 Å². The molecule has 3 N–H and O–H groups in total. The zero-order valence-electron chi connectivity index (χ0n) is 10.8. The first-order chi connectivity index (χ1) is 8.56. The van der Waals surface area contributed by atoms with Crippen LogP contribution in [0.25, 0.3) is 0 Å². The molecule has 6 nitrogen and oxygen atoms in total. The van der Waals surface area contributed by atoms with Crippen molar-refractivity contribution in [1.29, 1.82) is 0 Å². The maximum absolute atomic E-state index is 11.3. The summed E-state index contributed by atoms with van der Waals surface area (Å²) in [6, 6.07) is 0. The Kier molecular flexibility index (Phi) is 9.62. The lowest BCUT2D eigenvalue weighted by Gasteiger charge is -2.05. The summed E-state index contributed by atoms with van der Waals surface area (Å²) in [6.45, 7) is 3.01. The Morgan fingerprint density at radius 2 is 1.44 bits per heavy atom. The highest BCUT2D eigenvalue weighted by Gasteiger charge is 2.04. The number of nitrogens with one attached hydrogen (secondary N) is 2. The third-order valence-corrected chi connectivity index (χ3v) is 2.27. The van der Waals surface area contributed by atoms with Crippen LogP contribution in [0.5, 0.6) is 0 Å². The number of hydrogen-bond donors (Lipinski definition) is 3. The van der Waals surface area contributed by atoms with Crippen molar-refractivity contribution < 1.29 is 19.5 Å². The number of carbonyl (C=O) groups excluding carboxylic acids is 2. The molecule has 0 aromatic carbocycles. The van der Waals surface area contributed by atoms with Crippen LogP contribution in [0.2, 0.25) is 0 Å². The Bertz CT molecular complexity index is 279. The number of rotatable bonds is 10. The standard InChI is InChI=1S/C12H22N2O4/c1-2-8-13-10(15)5-3-6-11(16)14-9-4-7-12(17)18/h2-9H2,1H3,(H,13,15)(H,14,16)(H,17,18). The molecule has 0 atom stereocenters. The Morgan fingerprint density at radius 1 is 0.889 bits per heavy atom. The first-order valence-electron chi connectivity index (χ1n) is 6.31. The molecule has 0 saturated carbocycles. The van der Waals surface area contributed by atoms with Gasteiger partial charge in [-0.05, 0) is 19.3 Å². The molecule has 0 rings (SSSR count). The molecule has 0 bridgehead atoms. The molecule has 0 fully saturated rings. The summed E-state index contributed by atoms with van der Waals surface area (Å²) in [6.07, 6.45) is 2.54. The zero-order chi connectivity index (χ0) is 13.8. The van der Waals surface area contributed by atoms with E-state index in [0.717, 1.165) is 6.42 Å². The number of amides is 2. The Balaban J connectivity index is 3.42. The van der Waals surface area contributed by atoms with Gasteiger partial charge in [-0.3, -0.25) is 14.4 Å². The van der Waals surface area contributed by atoms with Crippen LogP contribution in [-0.4, -0.2) is 36.0 Å². The van der Waals surface area contributed by atoms with E-state index in [4.69, 9.17) is 5.11 Å². The van der Waals surface area contributed by atoms with Gasteiger partial charge >= 0.3 is 5.97 Å². The minimum atomic E-state index is -0.864. The van der Waals surface area contributed by atoms with E-state index in [0.29, 0.717) is 38.8 Å². The molecular formula is C12H22N2O4. The van der Waals surface area contributed by atoms with Gasteiger partial charge in [0.2, 0.25) is 11.8 Å². The van der Waals surface area contributed by atoms with Crippen LogP contribution in [0.15, 0.2) is 0 Å². The predicted octanol–water partition coefficient (Wildman–Crippen LogP) is 0.664. The Morgan fingerprint density at radius 3 is 1.94 bits per heavy atom. The van der Waals surface area contributed by atoms with Gasteiger partial charge in [-0.15, -0.1) is 0 Å². The Hall–Kier alpha value is -1.59. The summed E-state index contributed by atoms with van der Waals surface area (Å²) in [5.74, 6) is -1.03. The molecule has 0 radical (unpaired) electrons. The van der Waals surface area contributed by atoms with Crippen molar-refractivity contribution in [2.45, 2.75) is 45.4 Å². The van der Waals surface area contributed by atoms with E-state index in [-0.39, 0.29) is 18.2 Å². The second kappa shape index (κ2) is 10.6. The van der Waals surface area contributed by atoms with Gasteiger partial charge in [0.05, 0.1) is 0 Å². The van der Waals surface area contributed by atoms with Crippen LogP contribution in [-0.2, 0) is 14.4 Å². The van der Waals surface area contributed by atoms with Crippen molar-refractivity contribution in [3.05, 3.63) is 0 Å². The second-order valence-corrected chi connectivity index (χ2v) is 4.05. The molecule has 2 amide bonds. The van der Waals surface area contributed by atoms with Gasteiger partial charge in [0, 0.05) is 32.4 Å². The number of aliphatic carboxylic acids is 1. The van der Waals surface area contributed by atoms with Crippen LogP contribution < -0.4 is 10.6 Å². The highest BCUT2D eigenvalue weighted by atomic mass is 16.4. The van der Waals surface area contributed by atoms with E-state index in [1.165, 1.54) is 0 Å². The highest BCUT2D eigenvalue weighted by Crippen LogP contribution is 1.96. The molecule has 0 aliphatic carbocycles. The van der Waals surface area contributed by atoms with Gasteiger partial charge < -0.3 is 15.7 Å². The van der Waals surface area contributed by atoms with Crippen LogP contribution in [0.1, 0.15) is 45.4 Å².